The quantitative estimate of drug-likeness (QED) is 0.334. The molecule has 0 bridgehead atoms. The SMILES string of the molecule is CN=C(NCCCOCC1CCOCC1)NCC(c1cccc(Cl)c1)N1CCCC1. The first-order chi connectivity index (χ1) is 14.8. The van der Waals surface area contributed by atoms with E-state index in [1.54, 1.807) is 0 Å². The van der Waals surface area contributed by atoms with E-state index in [9.17, 15) is 0 Å². The summed E-state index contributed by atoms with van der Waals surface area (Å²) in [6, 6.07) is 8.52. The summed E-state index contributed by atoms with van der Waals surface area (Å²) in [4.78, 5) is 6.92. The Morgan fingerprint density at radius 3 is 2.80 bits per heavy atom. The van der Waals surface area contributed by atoms with Gasteiger partial charge >= 0.3 is 0 Å². The number of likely N-dealkylation sites (tertiary alicyclic amines) is 1. The topological polar surface area (TPSA) is 58.1 Å². The van der Waals surface area contributed by atoms with Crippen molar-refractivity contribution in [3.8, 4) is 0 Å². The van der Waals surface area contributed by atoms with Crippen LogP contribution < -0.4 is 10.6 Å². The number of benzene rings is 1. The van der Waals surface area contributed by atoms with Gasteiger partial charge in [-0.15, -0.1) is 0 Å². The van der Waals surface area contributed by atoms with E-state index in [0.717, 1.165) is 82.9 Å². The zero-order valence-corrected chi connectivity index (χ0v) is 19.0. The molecule has 1 atom stereocenters. The molecule has 0 spiro atoms. The Kier molecular flexibility index (Phi) is 10.2. The van der Waals surface area contributed by atoms with E-state index in [1.165, 1.54) is 18.4 Å². The van der Waals surface area contributed by atoms with Gasteiger partial charge in [-0.25, -0.2) is 0 Å². The summed E-state index contributed by atoms with van der Waals surface area (Å²) < 4.78 is 11.2. The number of guanidine groups is 1. The number of hydrogen-bond acceptors (Lipinski definition) is 4. The van der Waals surface area contributed by atoms with E-state index in [2.05, 4.69) is 32.7 Å². The van der Waals surface area contributed by atoms with Crippen LogP contribution in [0.4, 0.5) is 0 Å². The summed E-state index contributed by atoms with van der Waals surface area (Å²) in [5.74, 6) is 1.50. The second-order valence-corrected chi connectivity index (χ2v) is 8.61. The molecule has 0 amide bonds. The molecule has 2 aliphatic heterocycles. The lowest BCUT2D eigenvalue weighted by Crippen LogP contribution is -2.43. The molecule has 2 heterocycles. The van der Waals surface area contributed by atoms with E-state index >= 15 is 0 Å². The molecule has 30 heavy (non-hydrogen) atoms. The highest BCUT2D eigenvalue weighted by Gasteiger charge is 2.23. The van der Waals surface area contributed by atoms with Gasteiger partial charge < -0.3 is 20.1 Å². The molecule has 0 radical (unpaired) electrons. The number of halogens is 1. The summed E-state index contributed by atoms with van der Waals surface area (Å²) in [5.41, 5.74) is 1.26. The summed E-state index contributed by atoms with van der Waals surface area (Å²) in [5, 5.41) is 7.71. The van der Waals surface area contributed by atoms with Gasteiger partial charge in [0.05, 0.1) is 6.04 Å². The maximum absolute atomic E-state index is 6.25. The van der Waals surface area contributed by atoms with Crippen LogP contribution in [0.1, 0.15) is 43.7 Å². The van der Waals surface area contributed by atoms with Crippen molar-refractivity contribution in [2.24, 2.45) is 10.9 Å². The first kappa shape index (κ1) is 23.3. The van der Waals surface area contributed by atoms with Crippen molar-refractivity contribution < 1.29 is 9.47 Å². The largest absolute Gasteiger partial charge is 0.381 e. The Bertz CT molecular complexity index is 646. The zero-order chi connectivity index (χ0) is 21.0. The Hall–Kier alpha value is -1.34. The van der Waals surface area contributed by atoms with Gasteiger partial charge in [-0.3, -0.25) is 9.89 Å². The van der Waals surface area contributed by atoms with Crippen molar-refractivity contribution in [3.63, 3.8) is 0 Å². The Labute approximate surface area is 186 Å². The molecule has 2 aliphatic rings. The van der Waals surface area contributed by atoms with Crippen LogP contribution in [0.25, 0.3) is 0 Å². The number of rotatable bonds is 10. The van der Waals surface area contributed by atoms with Gasteiger partial charge in [-0.2, -0.15) is 0 Å². The second-order valence-electron chi connectivity index (χ2n) is 8.18. The van der Waals surface area contributed by atoms with Gasteiger partial charge in [0, 0.05) is 51.6 Å². The molecule has 1 aromatic rings. The standard InChI is InChI=1S/C23H37ClN4O2/c1-25-23(26-10-5-13-30-18-19-8-14-29-15-9-19)27-17-22(28-11-2-3-12-28)20-6-4-7-21(24)16-20/h4,6-7,16,19,22H,2-3,5,8-15,17-18H2,1H3,(H2,25,26,27). The smallest absolute Gasteiger partial charge is 0.191 e. The number of aliphatic imine (C=N–C) groups is 1. The van der Waals surface area contributed by atoms with Gasteiger partial charge in [-0.1, -0.05) is 23.7 Å². The predicted molar refractivity (Wildman–Crippen MR) is 123 cm³/mol. The normalized spacial score (nSPS) is 19.7. The van der Waals surface area contributed by atoms with Crippen molar-refractivity contribution in [2.75, 3.05) is 59.7 Å². The lowest BCUT2D eigenvalue weighted by atomic mass is 10.0. The van der Waals surface area contributed by atoms with Crippen molar-refractivity contribution in [3.05, 3.63) is 34.9 Å². The third-order valence-corrected chi connectivity index (χ3v) is 6.19. The highest BCUT2D eigenvalue weighted by molar-refractivity contribution is 6.30. The molecule has 6 nitrogen and oxygen atoms in total. The van der Waals surface area contributed by atoms with Gasteiger partial charge in [0.15, 0.2) is 5.96 Å². The predicted octanol–water partition coefficient (Wildman–Crippen LogP) is 3.48. The van der Waals surface area contributed by atoms with E-state index in [0.29, 0.717) is 12.0 Å². The highest BCUT2D eigenvalue weighted by Crippen LogP contribution is 2.26. The molecule has 1 unspecified atom stereocenters. The Morgan fingerprint density at radius 1 is 1.27 bits per heavy atom. The minimum atomic E-state index is 0.299. The van der Waals surface area contributed by atoms with E-state index < -0.39 is 0 Å². The minimum absolute atomic E-state index is 0.299. The molecule has 2 saturated heterocycles. The van der Waals surface area contributed by atoms with E-state index in [4.69, 9.17) is 21.1 Å². The van der Waals surface area contributed by atoms with E-state index in [-0.39, 0.29) is 0 Å². The lowest BCUT2D eigenvalue weighted by molar-refractivity contribution is 0.0203. The average molecular weight is 437 g/mol. The van der Waals surface area contributed by atoms with Crippen molar-refractivity contribution in [1.82, 2.24) is 15.5 Å². The van der Waals surface area contributed by atoms with E-state index in [1.807, 2.05) is 19.2 Å². The molecule has 3 rings (SSSR count). The summed E-state index contributed by atoms with van der Waals surface area (Å²) in [6.45, 7) is 7.31. The maximum atomic E-state index is 6.25. The molecular formula is C23H37ClN4O2. The van der Waals surface area contributed by atoms with Gasteiger partial charge in [0.25, 0.3) is 0 Å². The first-order valence-electron chi connectivity index (χ1n) is 11.4. The minimum Gasteiger partial charge on any atom is -0.381 e. The van der Waals surface area contributed by atoms with Crippen LogP contribution in [-0.4, -0.2) is 70.5 Å². The van der Waals surface area contributed by atoms with Crippen LogP contribution in [0, 0.1) is 5.92 Å². The first-order valence-corrected chi connectivity index (χ1v) is 11.7. The molecule has 2 N–H and O–H groups in total. The number of nitrogens with one attached hydrogen (secondary N) is 2. The van der Waals surface area contributed by atoms with Gasteiger partial charge in [-0.05, 0) is 68.8 Å². The van der Waals surface area contributed by atoms with Crippen LogP contribution in [0.3, 0.4) is 0 Å². The van der Waals surface area contributed by atoms with Crippen LogP contribution in [0.2, 0.25) is 5.02 Å². The fraction of sp³-hybridized carbons (Fsp3) is 0.696. The number of hydrogen-bond donors (Lipinski definition) is 2. The zero-order valence-electron chi connectivity index (χ0n) is 18.2. The number of ether oxygens (including phenoxy) is 2. The van der Waals surface area contributed by atoms with Gasteiger partial charge in [0.2, 0.25) is 0 Å². The Morgan fingerprint density at radius 2 is 2.07 bits per heavy atom. The fourth-order valence-corrected chi connectivity index (χ4v) is 4.38. The Balaban J connectivity index is 1.38. The lowest BCUT2D eigenvalue weighted by Gasteiger charge is -2.29. The average Bonchev–Trinajstić information content (AvgIpc) is 3.30. The molecule has 2 fully saturated rings. The van der Waals surface area contributed by atoms with Crippen LogP contribution >= 0.6 is 11.6 Å². The van der Waals surface area contributed by atoms with Crippen molar-refractivity contribution in [1.29, 1.82) is 0 Å². The molecule has 168 valence electrons. The third-order valence-electron chi connectivity index (χ3n) is 5.95. The van der Waals surface area contributed by atoms with Crippen molar-refractivity contribution in [2.45, 2.75) is 38.1 Å². The second kappa shape index (κ2) is 13.2. The number of nitrogens with zero attached hydrogens (tertiary/aromatic N) is 2. The molecular weight excluding hydrogens is 400 g/mol. The van der Waals surface area contributed by atoms with Crippen LogP contribution in [0.15, 0.2) is 29.3 Å². The third kappa shape index (κ3) is 7.73. The summed E-state index contributed by atoms with van der Waals surface area (Å²) in [6.07, 6.45) is 5.74. The molecule has 0 aromatic heterocycles. The van der Waals surface area contributed by atoms with Crippen LogP contribution in [-0.2, 0) is 9.47 Å². The molecule has 0 aliphatic carbocycles. The molecule has 1 aromatic carbocycles. The monoisotopic (exact) mass is 436 g/mol. The van der Waals surface area contributed by atoms with Gasteiger partial charge in [0.1, 0.15) is 0 Å². The maximum Gasteiger partial charge on any atom is 0.191 e. The van der Waals surface area contributed by atoms with Crippen LogP contribution in [0.5, 0.6) is 0 Å². The summed E-state index contributed by atoms with van der Waals surface area (Å²) in [7, 11) is 1.82. The summed E-state index contributed by atoms with van der Waals surface area (Å²) >= 11 is 6.25. The molecule has 7 heteroatoms. The highest BCUT2D eigenvalue weighted by atomic mass is 35.5. The molecule has 0 saturated carbocycles. The van der Waals surface area contributed by atoms with Crippen molar-refractivity contribution >= 4 is 17.6 Å². The fourth-order valence-electron chi connectivity index (χ4n) is 4.18.